The number of piperidine rings is 1. The first-order chi connectivity index (χ1) is 12.9. The molecule has 0 saturated carbocycles. The van der Waals surface area contributed by atoms with Crippen molar-refractivity contribution in [1.82, 2.24) is 9.97 Å². The Morgan fingerprint density at radius 1 is 1.26 bits per heavy atom. The Morgan fingerprint density at radius 2 is 1.96 bits per heavy atom. The highest BCUT2D eigenvalue weighted by Crippen LogP contribution is 2.35. The maximum atomic E-state index is 11.7. The Morgan fingerprint density at radius 3 is 2.59 bits per heavy atom. The number of carbonyl (C=O) groups is 1. The second kappa shape index (κ2) is 7.98. The lowest BCUT2D eigenvalue weighted by Gasteiger charge is -2.31. The van der Waals surface area contributed by atoms with Crippen molar-refractivity contribution < 1.29 is 9.72 Å². The van der Waals surface area contributed by atoms with Crippen LogP contribution in [0, 0.1) is 16.0 Å². The molecule has 9 nitrogen and oxygen atoms in total. The Bertz CT molecular complexity index is 839. The van der Waals surface area contributed by atoms with Gasteiger partial charge in [0.05, 0.1) is 4.92 Å². The smallest absolute Gasteiger partial charge is 0.350 e. The third kappa shape index (κ3) is 4.49. The molecule has 1 atom stereocenters. The van der Waals surface area contributed by atoms with Gasteiger partial charge in [-0.25, -0.2) is 9.97 Å². The number of carbonyl (C=O) groups excluding carboxylic acids is 1. The topological polar surface area (TPSA) is 113 Å². The minimum atomic E-state index is -0.442. The molecular weight excluding hydrogens is 348 g/mol. The van der Waals surface area contributed by atoms with Crippen LogP contribution in [-0.4, -0.2) is 33.9 Å². The number of hydrogen-bond donors (Lipinski definition) is 2. The summed E-state index contributed by atoms with van der Waals surface area (Å²) >= 11 is 0. The SMILES string of the molecule is CC(=O)Nc1ccc(Nc2ncnc(N3CCCC(C)C3)c2[N+](=O)[O-])cc1. The number of rotatable bonds is 5. The molecule has 2 N–H and O–H groups in total. The standard InChI is InChI=1S/C18H22N6O3/c1-12-4-3-9-23(10-12)18-16(24(26)27)17(19-11-20-18)22-15-7-5-14(6-8-15)21-13(2)25/h5-8,11-12H,3-4,9-10H2,1-2H3,(H,21,25)(H,19,20,22). The summed E-state index contributed by atoms with van der Waals surface area (Å²) in [5.74, 6) is 0.794. The average molecular weight is 370 g/mol. The van der Waals surface area contributed by atoms with Crippen molar-refractivity contribution in [2.75, 3.05) is 28.6 Å². The summed E-state index contributed by atoms with van der Waals surface area (Å²) in [6.45, 7) is 5.05. The highest BCUT2D eigenvalue weighted by atomic mass is 16.6. The quantitative estimate of drug-likeness (QED) is 0.613. The molecule has 1 unspecified atom stereocenters. The van der Waals surface area contributed by atoms with E-state index in [4.69, 9.17) is 0 Å². The zero-order valence-corrected chi connectivity index (χ0v) is 15.3. The second-order valence-electron chi connectivity index (χ2n) is 6.73. The van der Waals surface area contributed by atoms with Gasteiger partial charge in [0.25, 0.3) is 0 Å². The highest BCUT2D eigenvalue weighted by Gasteiger charge is 2.29. The molecule has 1 saturated heterocycles. The van der Waals surface area contributed by atoms with Crippen LogP contribution in [0.4, 0.5) is 28.7 Å². The second-order valence-corrected chi connectivity index (χ2v) is 6.73. The molecular formula is C18H22N6O3. The van der Waals surface area contributed by atoms with E-state index < -0.39 is 4.92 Å². The van der Waals surface area contributed by atoms with E-state index >= 15 is 0 Å². The van der Waals surface area contributed by atoms with Gasteiger partial charge in [-0.1, -0.05) is 6.92 Å². The summed E-state index contributed by atoms with van der Waals surface area (Å²) in [6, 6.07) is 6.87. The van der Waals surface area contributed by atoms with E-state index in [1.165, 1.54) is 13.3 Å². The molecule has 0 radical (unpaired) electrons. The van der Waals surface area contributed by atoms with Gasteiger partial charge in [0, 0.05) is 31.4 Å². The minimum Gasteiger partial charge on any atom is -0.350 e. The van der Waals surface area contributed by atoms with Crippen molar-refractivity contribution in [3.05, 3.63) is 40.7 Å². The minimum absolute atomic E-state index is 0.127. The summed E-state index contributed by atoms with van der Waals surface area (Å²) < 4.78 is 0. The molecule has 1 fully saturated rings. The highest BCUT2D eigenvalue weighted by molar-refractivity contribution is 5.89. The summed E-state index contributed by atoms with van der Waals surface area (Å²) in [5, 5.41) is 17.4. The first-order valence-corrected chi connectivity index (χ1v) is 8.83. The van der Waals surface area contributed by atoms with Crippen LogP contribution in [0.1, 0.15) is 26.7 Å². The van der Waals surface area contributed by atoms with Gasteiger partial charge in [-0.2, -0.15) is 0 Å². The number of aromatic nitrogens is 2. The Balaban J connectivity index is 1.88. The fraction of sp³-hybridized carbons (Fsp3) is 0.389. The molecule has 9 heteroatoms. The lowest BCUT2D eigenvalue weighted by molar-refractivity contribution is -0.383. The van der Waals surface area contributed by atoms with Crippen LogP contribution in [0.5, 0.6) is 0 Å². The molecule has 1 aliphatic rings. The first-order valence-electron chi connectivity index (χ1n) is 8.83. The van der Waals surface area contributed by atoms with Gasteiger partial charge in [-0.15, -0.1) is 0 Å². The predicted octanol–water partition coefficient (Wildman–Crippen LogP) is 3.32. The van der Waals surface area contributed by atoms with Gasteiger partial charge < -0.3 is 15.5 Å². The van der Waals surface area contributed by atoms with E-state index in [0.29, 0.717) is 23.1 Å². The summed E-state index contributed by atoms with van der Waals surface area (Å²) in [6.07, 6.45) is 3.44. The van der Waals surface area contributed by atoms with Gasteiger partial charge in [-0.3, -0.25) is 14.9 Å². The van der Waals surface area contributed by atoms with Gasteiger partial charge in [0.2, 0.25) is 17.5 Å². The third-order valence-electron chi connectivity index (χ3n) is 4.41. The van der Waals surface area contributed by atoms with Gasteiger partial charge in [-0.05, 0) is 43.0 Å². The number of nitrogens with zero attached hydrogens (tertiary/aromatic N) is 4. The number of anilines is 4. The fourth-order valence-corrected chi connectivity index (χ4v) is 3.22. The maximum Gasteiger partial charge on any atom is 0.353 e. The van der Waals surface area contributed by atoms with Crippen LogP contribution in [0.3, 0.4) is 0 Å². The molecule has 142 valence electrons. The van der Waals surface area contributed by atoms with Crippen molar-refractivity contribution in [2.45, 2.75) is 26.7 Å². The van der Waals surface area contributed by atoms with E-state index in [2.05, 4.69) is 27.5 Å². The molecule has 0 aliphatic carbocycles. The normalized spacial score (nSPS) is 16.7. The Hall–Kier alpha value is -3.23. The van der Waals surface area contributed by atoms with Crippen LogP contribution >= 0.6 is 0 Å². The number of nitro groups is 1. The molecule has 1 aromatic carbocycles. The van der Waals surface area contributed by atoms with Crippen LogP contribution in [0.2, 0.25) is 0 Å². The predicted molar refractivity (Wildman–Crippen MR) is 103 cm³/mol. The first kappa shape index (κ1) is 18.6. The molecule has 2 aromatic rings. The van der Waals surface area contributed by atoms with Crippen LogP contribution in [-0.2, 0) is 4.79 Å². The van der Waals surface area contributed by atoms with E-state index in [9.17, 15) is 14.9 Å². The van der Waals surface area contributed by atoms with Crippen molar-refractivity contribution in [2.24, 2.45) is 5.92 Å². The van der Waals surface area contributed by atoms with E-state index in [-0.39, 0.29) is 17.4 Å². The lowest BCUT2D eigenvalue weighted by Crippen LogP contribution is -2.35. The summed E-state index contributed by atoms with van der Waals surface area (Å²) in [5.41, 5.74) is 1.15. The third-order valence-corrected chi connectivity index (χ3v) is 4.41. The molecule has 1 aliphatic heterocycles. The van der Waals surface area contributed by atoms with Gasteiger partial charge >= 0.3 is 5.69 Å². The Kier molecular flexibility index (Phi) is 5.49. The van der Waals surface area contributed by atoms with Crippen molar-refractivity contribution in [1.29, 1.82) is 0 Å². The number of hydrogen-bond acceptors (Lipinski definition) is 7. The number of amides is 1. The van der Waals surface area contributed by atoms with E-state index in [1.807, 2.05) is 4.90 Å². The van der Waals surface area contributed by atoms with Crippen LogP contribution in [0.25, 0.3) is 0 Å². The summed E-state index contributed by atoms with van der Waals surface area (Å²) in [7, 11) is 0. The molecule has 27 heavy (non-hydrogen) atoms. The van der Waals surface area contributed by atoms with Crippen molar-refractivity contribution in [3.8, 4) is 0 Å². The molecule has 1 amide bonds. The Labute approximate surface area is 157 Å². The summed E-state index contributed by atoms with van der Waals surface area (Å²) in [4.78, 5) is 32.6. The molecule has 0 spiro atoms. The maximum absolute atomic E-state index is 11.7. The van der Waals surface area contributed by atoms with Crippen LogP contribution in [0.15, 0.2) is 30.6 Å². The average Bonchev–Trinajstić information content (AvgIpc) is 2.62. The monoisotopic (exact) mass is 370 g/mol. The van der Waals surface area contributed by atoms with Crippen LogP contribution < -0.4 is 15.5 Å². The van der Waals surface area contributed by atoms with Crippen molar-refractivity contribution in [3.63, 3.8) is 0 Å². The molecule has 3 rings (SSSR count). The van der Waals surface area contributed by atoms with E-state index in [1.54, 1.807) is 24.3 Å². The molecule has 0 bridgehead atoms. The van der Waals surface area contributed by atoms with Gasteiger partial charge in [0.1, 0.15) is 6.33 Å². The lowest BCUT2D eigenvalue weighted by atomic mass is 10.0. The number of benzene rings is 1. The zero-order valence-electron chi connectivity index (χ0n) is 15.3. The molecule has 2 heterocycles. The molecule has 1 aromatic heterocycles. The fourth-order valence-electron chi connectivity index (χ4n) is 3.22. The largest absolute Gasteiger partial charge is 0.353 e. The number of nitrogens with one attached hydrogen (secondary N) is 2. The zero-order chi connectivity index (χ0) is 19.4. The van der Waals surface area contributed by atoms with E-state index in [0.717, 1.165) is 25.9 Å². The van der Waals surface area contributed by atoms with Crippen molar-refractivity contribution >= 4 is 34.6 Å². The van der Waals surface area contributed by atoms with Gasteiger partial charge in [0.15, 0.2) is 0 Å².